The number of nitrogens with one attached hydrogen (secondary N) is 1. The van der Waals surface area contributed by atoms with Gasteiger partial charge in [-0.1, -0.05) is 0 Å². The van der Waals surface area contributed by atoms with Crippen LogP contribution in [0.25, 0.3) is 0 Å². The maximum absolute atomic E-state index is 12.2. The number of thiophene rings is 1. The van der Waals surface area contributed by atoms with Crippen molar-refractivity contribution >= 4 is 29.2 Å². The molecule has 4 heterocycles. The van der Waals surface area contributed by atoms with Crippen LogP contribution in [-0.4, -0.2) is 82.6 Å². The molecule has 0 saturated carbocycles. The second kappa shape index (κ2) is 13.7. The van der Waals surface area contributed by atoms with E-state index >= 15 is 0 Å². The number of fused-ring (bicyclic) bond motifs is 1. The molecule has 216 valence electrons. The van der Waals surface area contributed by atoms with Crippen LogP contribution in [0.5, 0.6) is 0 Å². The van der Waals surface area contributed by atoms with E-state index in [2.05, 4.69) is 34.3 Å². The Labute approximate surface area is 222 Å². The van der Waals surface area contributed by atoms with E-state index in [1.54, 1.807) is 24.5 Å². The van der Waals surface area contributed by atoms with Gasteiger partial charge in [-0.15, -0.1) is 11.3 Å². The third kappa shape index (κ3) is 10.4. The Morgan fingerprint density at radius 1 is 1.03 bits per heavy atom. The van der Waals surface area contributed by atoms with Crippen molar-refractivity contribution in [2.24, 2.45) is 11.8 Å². The van der Waals surface area contributed by atoms with Crippen molar-refractivity contribution in [3.63, 3.8) is 0 Å². The third-order valence-corrected chi connectivity index (χ3v) is 6.63. The summed E-state index contributed by atoms with van der Waals surface area (Å²) in [6, 6.07) is 7.89. The molecule has 2 saturated heterocycles. The van der Waals surface area contributed by atoms with Crippen molar-refractivity contribution < 1.29 is 55.7 Å². The number of nitrogens with zero attached hydrogens (tertiary/aromatic N) is 2. The van der Waals surface area contributed by atoms with Crippen LogP contribution in [-0.2, 0) is 20.9 Å². The number of alkyl halides is 6. The van der Waals surface area contributed by atoms with Crippen molar-refractivity contribution in [2.45, 2.75) is 31.9 Å². The Bertz CT molecular complexity index is 1090. The largest absolute Gasteiger partial charge is 0.490 e. The summed E-state index contributed by atoms with van der Waals surface area (Å²) >= 11 is 1.87. The van der Waals surface area contributed by atoms with Gasteiger partial charge >= 0.3 is 24.3 Å². The maximum Gasteiger partial charge on any atom is 0.490 e. The monoisotopic (exact) mass is 585 g/mol. The molecule has 39 heavy (non-hydrogen) atoms. The Balaban J connectivity index is 0.000000317. The fraction of sp³-hybridized carbons (Fsp3) is 0.478. The number of carboxylic acid groups (broad SMARTS) is 2. The predicted octanol–water partition coefficient (Wildman–Crippen LogP) is 3.59. The number of carbonyl (C=O) groups is 3. The van der Waals surface area contributed by atoms with E-state index in [0.29, 0.717) is 30.0 Å². The number of carboxylic acids is 2. The van der Waals surface area contributed by atoms with Crippen LogP contribution in [0.4, 0.5) is 26.3 Å². The topological polar surface area (TPSA) is 129 Å². The minimum Gasteiger partial charge on any atom is -0.475 e. The standard InChI is InChI=1S/C19H23N3O2S.2C2HF3O2/c1-13-2-3-16(25-13)9-22-10-17-15(12-24-18(17)11-22)8-21-19(23)14-4-6-20-7-5-14;2*3-2(4,5)1(6)7/h2-7,15,17-18H,8-12H2,1H3,(H,21,23);2*(H,6,7)/t15-,17+,18+;;/m0../s1. The van der Waals surface area contributed by atoms with E-state index in [1.807, 2.05) is 11.3 Å². The quantitative estimate of drug-likeness (QED) is 0.455. The molecule has 0 aliphatic carbocycles. The molecule has 4 rings (SSSR count). The molecule has 3 N–H and O–H groups in total. The molecule has 9 nitrogen and oxygen atoms in total. The fourth-order valence-electron chi connectivity index (χ4n) is 3.84. The summed E-state index contributed by atoms with van der Waals surface area (Å²) in [5.41, 5.74) is 0.659. The average molecular weight is 586 g/mol. The van der Waals surface area contributed by atoms with Gasteiger partial charge in [0.25, 0.3) is 5.91 Å². The van der Waals surface area contributed by atoms with Gasteiger partial charge in [0.05, 0.1) is 12.7 Å². The first kappa shape index (κ1) is 32.0. The highest BCUT2D eigenvalue weighted by Crippen LogP contribution is 2.34. The Kier molecular flexibility index (Phi) is 11.2. The zero-order valence-corrected chi connectivity index (χ0v) is 21.1. The SMILES string of the molecule is Cc1ccc(CN2C[C@@H]3[C@@H](CNC(=O)c4ccncc4)CO[C@@H]3C2)s1.O=C(O)C(F)(F)F.O=C(O)C(F)(F)F. The molecule has 1 amide bonds. The van der Waals surface area contributed by atoms with Gasteiger partial charge in [-0.25, -0.2) is 9.59 Å². The van der Waals surface area contributed by atoms with Gasteiger partial charge < -0.3 is 20.3 Å². The first-order valence-electron chi connectivity index (χ1n) is 11.3. The van der Waals surface area contributed by atoms with Gasteiger partial charge in [0, 0.05) is 65.7 Å². The molecule has 2 fully saturated rings. The number of carbonyl (C=O) groups excluding carboxylic acids is 1. The summed E-state index contributed by atoms with van der Waals surface area (Å²) in [5.74, 6) is -4.64. The summed E-state index contributed by atoms with van der Waals surface area (Å²) < 4.78 is 69.5. The van der Waals surface area contributed by atoms with Gasteiger partial charge in [-0.2, -0.15) is 26.3 Å². The van der Waals surface area contributed by atoms with E-state index in [0.717, 1.165) is 26.2 Å². The maximum atomic E-state index is 12.2. The summed E-state index contributed by atoms with van der Waals surface area (Å²) in [7, 11) is 0. The van der Waals surface area contributed by atoms with Gasteiger partial charge in [-0.05, 0) is 31.2 Å². The molecule has 0 bridgehead atoms. The van der Waals surface area contributed by atoms with E-state index < -0.39 is 24.3 Å². The normalized spacial score (nSPS) is 20.6. The van der Waals surface area contributed by atoms with Crippen molar-refractivity contribution in [3.8, 4) is 0 Å². The zero-order chi connectivity index (χ0) is 29.4. The molecular weight excluding hydrogens is 560 g/mol. The lowest BCUT2D eigenvalue weighted by Gasteiger charge is -2.19. The Hall–Kier alpha value is -3.24. The number of rotatable bonds is 5. The summed E-state index contributed by atoms with van der Waals surface area (Å²) in [6.07, 6.45) is -6.57. The van der Waals surface area contributed by atoms with Crippen molar-refractivity contribution in [1.82, 2.24) is 15.2 Å². The molecule has 0 radical (unpaired) electrons. The number of aryl methyl sites for hydroxylation is 1. The Morgan fingerprint density at radius 2 is 1.59 bits per heavy atom. The second-order valence-corrected chi connectivity index (χ2v) is 9.93. The molecular formula is C23H25F6N3O6S. The molecule has 2 aromatic heterocycles. The lowest BCUT2D eigenvalue weighted by molar-refractivity contribution is -0.193. The molecule has 2 aliphatic rings. The number of aromatic nitrogens is 1. The smallest absolute Gasteiger partial charge is 0.475 e. The number of pyridine rings is 1. The second-order valence-electron chi connectivity index (χ2n) is 8.55. The molecule has 16 heteroatoms. The van der Waals surface area contributed by atoms with Crippen molar-refractivity contribution in [1.29, 1.82) is 0 Å². The predicted molar refractivity (Wildman–Crippen MR) is 125 cm³/mol. The number of amides is 1. The number of halogens is 6. The molecule has 0 aromatic carbocycles. The first-order chi connectivity index (χ1) is 18.1. The van der Waals surface area contributed by atoms with Crippen LogP contribution in [0, 0.1) is 18.8 Å². The minimum absolute atomic E-state index is 0.0326. The number of likely N-dealkylation sites (tertiary alicyclic amines) is 1. The van der Waals surface area contributed by atoms with E-state index in [-0.39, 0.29) is 5.91 Å². The van der Waals surface area contributed by atoms with Gasteiger partial charge in [0.15, 0.2) is 0 Å². The van der Waals surface area contributed by atoms with Crippen molar-refractivity contribution in [2.75, 3.05) is 26.2 Å². The lowest BCUT2D eigenvalue weighted by Crippen LogP contribution is -2.34. The van der Waals surface area contributed by atoms with E-state index in [4.69, 9.17) is 24.5 Å². The molecule has 0 spiro atoms. The highest BCUT2D eigenvalue weighted by Gasteiger charge is 2.43. The molecule has 3 atom stereocenters. The summed E-state index contributed by atoms with van der Waals surface area (Å²) in [5, 5.41) is 17.3. The van der Waals surface area contributed by atoms with E-state index in [9.17, 15) is 31.1 Å². The van der Waals surface area contributed by atoms with Crippen LogP contribution in [0.1, 0.15) is 20.1 Å². The van der Waals surface area contributed by atoms with Crippen LogP contribution >= 0.6 is 11.3 Å². The molecule has 2 aromatic rings. The summed E-state index contributed by atoms with van der Waals surface area (Å²) in [6.45, 7) is 6.63. The lowest BCUT2D eigenvalue weighted by atomic mass is 9.93. The van der Waals surface area contributed by atoms with Crippen molar-refractivity contribution in [3.05, 3.63) is 52.0 Å². The van der Waals surface area contributed by atoms with Crippen LogP contribution in [0.3, 0.4) is 0 Å². The number of hydrogen-bond acceptors (Lipinski definition) is 7. The molecule has 2 aliphatic heterocycles. The fourth-order valence-corrected chi connectivity index (χ4v) is 4.77. The number of aliphatic carboxylic acids is 2. The Morgan fingerprint density at radius 3 is 2.08 bits per heavy atom. The van der Waals surface area contributed by atoms with Crippen LogP contribution < -0.4 is 5.32 Å². The zero-order valence-electron chi connectivity index (χ0n) is 20.3. The van der Waals surface area contributed by atoms with E-state index in [1.165, 1.54) is 9.75 Å². The van der Waals surface area contributed by atoms with Gasteiger partial charge in [-0.3, -0.25) is 14.7 Å². The highest BCUT2D eigenvalue weighted by atomic mass is 32.1. The highest BCUT2D eigenvalue weighted by molar-refractivity contribution is 7.11. The third-order valence-electron chi connectivity index (χ3n) is 5.64. The van der Waals surface area contributed by atoms with Crippen LogP contribution in [0.2, 0.25) is 0 Å². The molecule has 0 unspecified atom stereocenters. The first-order valence-corrected chi connectivity index (χ1v) is 12.1. The van der Waals surface area contributed by atoms with Crippen LogP contribution in [0.15, 0.2) is 36.7 Å². The summed E-state index contributed by atoms with van der Waals surface area (Å²) in [4.78, 5) is 39.2. The van der Waals surface area contributed by atoms with Gasteiger partial charge in [0.1, 0.15) is 0 Å². The number of hydrogen-bond donors (Lipinski definition) is 3. The average Bonchev–Trinajstić information content (AvgIpc) is 3.54. The number of ether oxygens (including phenoxy) is 1. The minimum atomic E-state index is -5.08. The van der Waals surface area contributed by atoms with Gasteiger partial charge in [0.2, 0.25) is 0 Å².